The third-order valence-corrected chi connectivity index (χ3v) is 7.56. The minimum atomic E-state index is 0.100. The smallest absolute Gasteiger partial charge is 0.250 e. The Kier molecular flexibility index (Phi) is 5.88. The fraction of sp³-hybridized carbons (Fsp3) is 0.650. The maximum atomic E-state index is 12.2. The average molecular weight is 406 g/mol. The molecule has 27 heavy (non-hydrogen) atoms. The van der Waals surface area contributed by atoms with Crippen molar-refractivity contribution in [3.05, 3.63) is 34.2 Å². The first-order valence-electron chi connectivity index (χ1n) is 10.0. The Labute approximate surface area is 169 Å². The Bertz CT molecular complexity index is 773. The number of pyridine rings is 1. The van der Waals surface area contributed by atoms with Crippen LogP contribution in [0.1, 0.15) is 50.1 Å². The van der Waals surface area contributed by atoms with Crippen LogP contribution in [0.4, 0.5) is 0 Å². The fourth-order valence-electron chi connectivity index (χ4n) is 4.78. The van der Waals surface area contributed by atoms with Crippen LogP contribution in [0.3, 0.4) is 0 Å². The summed E-state index contributed by atoms with van der Waals surface area (Å²) in [4.78, 5) is 26.6. The van der Waals surface area contributed by atoms with E-state index in [2.05, 4.69) is 16.3 Å². The lowest BCUT2D eigenvalue weighted by Crippen LogP contribution is -2.48. The molecule has 0 aromatic carbocycles. The molecular formula is C20H27N3O2S2. The first kappa shape index (κ1) is 19.0. The molecule has 2 fully saturated rings. The molecule has 1 amide bonds. The van der Waals surface area contributed by atoms with Crippen LogP contribution in [0.15, 0.2) is 23.0 Å². The zero-order chi connectivity index (χ0) is 18.8. The number of rotatable bonds is 3. The third-order valence-electron chi connectivity index (χ3n) is 6.03. The summed E-state index contributed by atoms with van der Waals surface area (Å²) in [5, 5.41) is 3.16. The topological polar surface area (TPSA) is 54.3 Å². The second-order valence-electron chi connectivity index (χ2n) is 8.06. The molecule has 0 radical (unpaired) electrons. The predicted molar refractivity (Wildman–Crippen MR) is 113 cm³/mol. The third kappa shape index (κ3) is 4.40. The summed E-state index contributed by atoms with van der Waals surface area (Å²) in [7, 11) is 0. The van der Waals surface area contributed by atoms with Gasteiger partial charge in [-0.3, -0.25) is 9.59 Å². The molecule has 2 aliphatic heterocycles. The Morgan fingerprint density at radius 1 is 1.19 bits per heavy atom. The van der Waals surface area contributed by atoms with E-state index in [1.807, 2.05) is 10.6 Å². The molecule has 7 heteroatoms. The van der Waals surface area contributed by atoms with Crippen molar-refractivity contribution in [2.24, 2.45) is 5.92 Å². The molecule has 1 aromatic heterocycles. The maximum absolute atomic E-state index is 12.2. The summed E-state index contributed by atoms with van der Waals surface area (Å²) in [5.74, 6) is 1.30. The van der Waals surface area contributed by atoms with Gasteiger partial charge in [0.05, 0.1) is 5.75 Å². The van der Waals surface area contributed by atoms with Crippen LogP contribution in [-0.4, -0.2) is 44.6 Å². The number of likely N-dealkylation sites (tertiary alicyclic amines) is 1. The summed E-state index contributed by atoms with van der Waals surface area (Å²) in [5.41, 5.74) is 1.23. The van der Waals surface area contributed by atoms with Gasteiger partial charge in [0.1, 0.15) is 4.32 Å². The van der Waals surface area contributed by atoms with Gasteiger partial charge in [-0.05, 0) is 31.2 Å². The number of nitrogens with zero attached hydrogens (tertiary/aromatic N) is 2. The van der Waals surface area contributed by atoms with Crippen molar-refractivity contribution in [3.63, 3.8) is 0 Å². The Balaban J connectivity index is 1.31. The van der Waals surface area contributed by atoms with Crippen LogP contribution in [-0.2, 0) is 11.3 Å². The van der Waals surface area contributed by atoms with Crippen LogP contribution < -0.4 is 10.9 Å². The Morgan fingerprint density at radius 3 is 2.81 bits per heavy atom. The Morgan fingerprint density at radius 2 is 2.00 bits per heavy atom. The first-order chi connectivity index (χ1) is 13.1. The number of amides is 1. The minimum absolute atomic E-state index is 0.100. The van der Waals surface area contributed by atoms with Crippen molar-refractivity contribution in [1.29, 1.82) is 0 Å². The number of carbonyl (C=O) groups is 1. The van der Waals surface area contributed by atoms with Crippen molar-refractivity contribution in [2.75, 3.05) is 18.8 Å². The standard InChI is InChI=1S/C20H27N3O2S2/c24-18(21-16-5-2-1-3-6-16)13-27-20(26)22-10-14-9-15(12-22)17-7-4-8-19(25)23(17)11-14/h4,7-8,14-16H,1-3,5-6,9-13H2,(H,21,24)/t14-,15+/m1/s1. The second kappa shape index (κ2) is 8.35. The normalized spacial score (nSPS) is 25.0. The number of thioether (sulfide) groups is 1. The van der Waals surface area contributed by atoms with Gasteiger partial charge < -0.3 is 14.8 Å². The van der Waals surface area contributed by atoms with Crippen molar-refractivity contribution >= 4 is 34.2 Å². The number of aromatic nitrogens is 1. The van der Waals surface area contributed by atoms with E-state index in [1.54, 1.807) is 6.07 Å². The van der Waals surface area contributed by atoms with Crippen molar-refractivity contribution < 1.29 is 4.79 Å². The summed E-state index contributed by atoms with van der Waals surface area (Å²) in [6.07, 6.45) is 7.06. The van der Waals surface area contributed by atoms with E-state index in [9.17, 15) is 9.59 Å². The zero-order valence-electron chi connectivity index (χ0n) is 15.6. The quantitative estimate of drug-likeness (QED) is 0.784. The number of piperidine rings is 1. The molecule has 1 saturated carbocycles. The molecule has 3 aliphatic rings. The van der Waals surface area contributed by atoms with E-state index in [0.717, 1.165) is 48.9 Å². The molecule has 2 bridgehead atoms. The number of hydrogen-bond acceptors (Lipinski definition) is 4. The minimum Gasteiger partial charge on any atom is -0.356 e. The monoisotopic (exact) mass is 405 g/mol. The average Bonchev–Trinajstić information content (AvgIpc) is 2.67. The molecular weight excluding hydrogens is 378 g/mol. The molecule has 3 heterocycles. The molecule has 2 atom stereocenters. The van der Waals surface area contributed by atoms with Crippen LogP contribution in [0.5, 0.6) is 0 Å². The number of carbonyl (C=O) groups excluding carboxylic acids is 1. The highest BCUT2D eigenvalue weighted by atomic mass is 32.2. The predicted octanol–water partition coefficient (Wildman–Crippen LogP) is 2.73. The number of hydrogen-bond donors (Lipinski definition) is 1. The van der Waals surface area contributed by atoms with E-state index in [0.29, 0.717) is 23.6 Å². The number of thiocarbonyl (C=S) groups is 1. The van der Waals surface area contributed by atoms with E-state index >= 15 is 0 Å². The summed E-state index contributed by atoms with van der Waals surface area (Å²) < 4.78 is 2.75. The van der Waals surface area contributed by atoms with Gasteiger partial charge in [-0.15, -0.1) is 0 Å². The van der Waals surface area contributed by atoms with Crippen molar-refractivity contribution in [2.45, 2.75) is 57.0 Å². The second-order valence-corrected chi connectivity index (χ2v) is 9.67. The van der Waals surface area contributed by atoms with Gasteiger partial charge in [-0.2, -0.15) is 0 Å². The molecule has 5 nitrogen and oxygen atoms in total. The largest absolute Gasteiger partial charge is 0.356 e. The van der Waals surface area contributed by atoms with Crippen LogP contribution >= 0.6 is 24.0 Å². The highest BCUT2D eigenvalue weighted by Crippen LogP contribution is 2.36. The first-order valence-corrected chi connectivity index (χ1v) is 11.4. The summed E-state index contributed by atoms with van der Waals surface area (Å²) in [6.45, 7) is 2.50. The van der Waals surface area contributed by atoms with Gasteiger partial charge in [0, 0.05) is 43.4 Å². The number of nitrogens with one attached hydrogen (secondary N) is 1. The van der Waals surface area contributed by atoms with Crippen LogP contribution in [0.25, 0.3) is 0 Å². The summed E-state index contributed by atoms with van der Waals surface area (Å²) in [6, 6.07) is 5.92. The van der Waals surface area contributed by atoms with Crippen molar-refractivity contribution in [3.8, 4) is 0 Å². The highest BCUT2D eigenvalue weighted by molar-refractivity contribution is 8.23. The lowest BCUT2D eigenvalue weighted by molar-refractivity contribution is -0.119. The van der Waals surface area contributed by atoms with E-state index in [1.165, 1.54) is 31.0 Å². The van der Waals surface area contributed by atoms with Gasteiger partial charge >= 0.3 is 0 Å². The van der Waals surface area contributed by atoms with Gasteiger partial charge in [-0.25, -0.2) is 0 Å². The maximum Gasteiger partial charge on any atom is 0.250 e. The van der Waals surface area contributed by atoms with Gasteiger partial charge in [-0.1, -0.05) is 49.3 Å². The van der Waals surface area contributed by atoms with Gasteiger partial charge in [0.2, 0.25) is 5.91 Å². The molecule has 146 valence electrons. The SMILES string of the molecule is O=C(CSC(=S)N1C[C@H]2C[C@@H](C1)c1cccc(=O)n1C2)NC1CCCCC1. The zero-order valence-corrected chi connectivity index (χ0v) is 17.2. The molecule has 0 unspecified atom stereocenters. The molecule has 1 N–H and O–H groups in total. The van der Waals surface area contributed by atoms with E-state index in [4.69, 9.17) is 12.2 Å². The lowest BCUT2D eigenvalue weighted by atomic mass is 9.83. The molecule has 4 rings (SSSR count). The Hall–Kier alpha value is -1.34. The van der Waals surface area contributed by atoms with Gasteiger partial charge in [0.25, 0.3) is 5.56 Å². The molecule has 1 aromatic rings. The highest BCUT2D eigenvalue weighted by Gasteiger charge is 2.35. The fourth-order valence-corrected chi connectivity index (χ4v) is 5.78. The van der Waals surface area contributed by atoms with E-state index in [-0.39, 0.29) is 11.5 Å². The summed E-state index contributed by atoms with van der Waals surface area (Å²) >= 11 is 7.12. The van der Waals surface area contributed by atoms with Crippen molar-refractivity contribution in [1.82, 2.24) is 14.8 Å². The number of fused-ring (bicyclic) bond motifs is 4. The molecule has 0 spiro atoms. The van der Waals surface area contributed by atoms with Gasteiger partial charge in [0.15, 0.2) is 0 Å². The molecule has 1 saturated heterocycles. The van der Waals surface area contributed by atoms with E-state index < -0.39 is 0 Å². The molecule has 1 aliphatic carbocycles. The lowest BCUT2D eigenvalue weighted by Gasteiger charge is -2.43. The van der Waals surface area contributed by atoms with Crippen LogP contribution in [0, 0.1) is 5.92 Å². The van der Waals surface area contributed by atoms with Crippen LogP contribution in [0.2, 0.25) is 0 Å².